The topological polar surface area (TPSA) is 110 Å². The average molecular weight is 376 g/mol. The molecule has 11 heteroatoms. The number of rotatable bonds is 5. The quantitative estimate of drug-likeness (QED) is 0.624. The molecule has 0 aromatic heterocycles. The minimum atomic E-state index is -4.60. The third kappa shape index (κ3) is 4.83. The van der Waals surface area contributed by atoms with Gasteiger partial charge < -0.3 is 14.7 Å². The van der Waals surface area contributed by atoms with E-state index in [2.05, 4.69) is 4.74 Å². The Labute approximate surface area is 145 Å². The minimum absolute atomic E-state index is 0.126. The number of nitro benzene ring substituents is 1. The standard InChI is InChI=1S/C15H15F3N2O6/c16-15(17,18)8-26-10-3-4-12(20(24)25)11(6-10)13(21)19-5-1-2-9(7-19)14(22)23/h3-4,6,9H,1-2,5,7-8H2,(H,22,23). The van der Waals surface area contributed by atoms with Gasteiger partial charge in [0.1, 0.15) is 11.3 Å². The van der Waals surface area contributed by atoms with Crippen LogP contribution in [0.15, 0.2) is 18.2 Å². The van der Waals surface area contributed by atoms with Crippen LogP contribution in [0.2, 0.25) is 0 Å². The Kier molecular flexibility index (Phi) is 5.68. The Morgan fingerprint density at radius 2 is 2.08 bits per heavy atom. The van der Waals surface area contributed by atoms with Gasteiger partial charge in [-0.15, -0.1) is 0 Å². The van der Waals surface area contributed by atoms with E-state index in [1.807, 2.05) is 0 Å². The van der Waals surface area contributed by atoms with Gasteiger partial charge in [-0.1, -0.05) is 0 Å². The van der Waals surface area contributed by atoms with Gasteiger partial charge in [0.15, 0.2) is 6.61 Å². The van der Waals surface area contributed by atoms with Gasteiger partial charge in [-0.3, -0.25) is 19.7 Å². The van der Waals surface area contributed by atoms with Gasteiger partial charge >= 0.3 is 12.1 Å². The maximum atomic E-state index is 12.6. The van der Waals surface area contributed by atoms with Crippen LogP contribution in [0.5, 0.6) is 5.75 Å². The maximum absolute atomic E-state index is 12.6. The molecule has 1 N–H and O–H groups in total. The summed E-state index contributed by atoms with van der Waals surface area (Å²) in [5.41, 5.74) is -1.03. The second-order valence-electron chi connectivity index (χ2n) is 5.77. The second-order valence-corrected chi connectivity index (χ2v) is 5.77. The molecule has 1 amide bonds. The Bertz CT molecular complexity index is 722. The Morgan fingerprint density at radius 1 is 1.38 bits per heavy atom. The minimum Gasteiger partial charge on any atom is -0.484 e. The lowest BCUT2D eigenvalue weighted by molar-refractivity contribution is -0.385. The summed E-state index contributed by atoms with van der Waals surface area (Å²) in [6.45, 7) is -1.53. The second kappa shape index (κ2) is 7.58. The Hall–Kier alpha value is -2.85. The molecule has 1 aromatic carbocycles. The number of benzene rings is 1. The summed E-state index contributed by atoms with van der Waals surface area (Å²) in [5.74, 6) is -3.04. The van der Waals surface area contributed by atoms with E-state index in [1.165, 1.54) is 0 Å². The van der Waals surface area contributed by atoms with Crippen molar-refractivity contribution in [1.29, 1.82) is 0 Å². The first-order valence-corrected chi connectivity index (χ1v) is 7.58. The van der Waals surface area contributed by atoms with E-state index in [0.29, 0.717) is 12.8 Å². The summed E-state index contributed by atoms with van der Waals surface area (Å²) in [6, 6.07) is 2.73. The monoisotopic (exact) mass is 376 g/mol. The molecule has 0 spiro atoms. The van der Waals surface area contributed by atoms with E-state index in [9.17, 15) is 32.9 Å². The van der Waals surface area contributed by atoms with Gasteiger partial charge in [-0.05, 0) is 25.0 Å². The molecule has 1 unspecified atom stereocenters. The van der Waals surface area contributed by atoms with Crippen molar-refractivity contribution in [3.05, 3.63) is 33.9 Å². The molecule has 1 aliphatic heterocycles. The zero-order valence-electron chi connectivity index (χ0n) is 13.4. The Morgan fingerprint density at radius 3 is 2.65 bits per heavy atom. The van der Waals surface area contributed by atoms with Crippen molar-refractivity contribution in [3.8, 4) is 5.75 Å². The van der Waals surface area contributed by atoms with E-state index in [4.69, 9.17) is 5.11 Å². The fraction of sp³-hybridized carbons (Fsp3) is 0.467. The van der Waals surface area contributed by atoms with Crippen LogP contribution < -0.4 is 4.74 Å². The predicted octanol–water partition coefficient (Wildman–Crippen LogP) is 2.47. The lowest BCUT2D eigenvalue weighted by Crippen LogP contribution is -2.42. The van der Waals surface area contributed by atoms with Crippen LogP contribution in [0.3, 0.4) is 0 Å². The third-order valence-corrected chi connectivity index (χ3v) is 3.86. The third-order valence-electron chi connectivity index (χ3n) is 3.86. The van der Waals surface area contributed by atoms with Crippen molar-refractivity contribution in [1.82, 2.24) is 4.90 Å². The van der Waals surface area contributed by atoms with E-state index in [-0.39, 0.29) is 18.8 Å². The lowest BCUT2D eigenvalue weighted by Gasteiger charge is -2.30. The number of carboxylic acid groups (broad SMARTS) is 1. The van der Waals surface area contributed by atoms with Crippen molar-refractivity contribution in [2.75, 3.05) is 19.7 Å². The highest BCUT2D eigenvalue weighted by Gasteiger charge is 2.33. The molecule has 1 aromatic rings. The van der Waals surface area contributed by atoms with Crippen LogP contribution >= 0.6 is 0 Å². The average Bonchev–Trinajstić information content (AvgIpc) is 2.58. The van der Waals surface area contributed by atoms with Gasteiger partial charge in [0.25, 0.3) is 11.6 Å². The maximum Gasteiger partial charge on any atom is 0.422 e. The Balaban J connectivity index is 2.28. The van der Waals surface area contributed by atoms with Crippen LogP contribution in [0, 0.1) is 16.0 Å². The number of aliphatic carboxylic acids is 1. The van der Waals surface area contributed by atoms with Crippen LogP contribution in [0.4, 0.5) is 18.9 Å². The van der Waals surface area contributed by atoms with Crippen LogP contribution in [0.25, 0.3) is 0 Å². The summed E-state index contributed by atoms with van der Waals surface area (Å²) < 4.78 is 41.3. The summed E-state index contributed by atoms with van der Waals surface area (Å²) in [4.78, 5) is 35.1. The van der Waals surface area contributed by atoms with Crippen LogP contribution in [-0.4, -0.2) is 52.7 Å². The van der Waals surface area contributed by atoms with Crippen molar-refractivity contribution < 1.29 is 37.5 Å². The van der Waals surface area contributed by atoms with Crippen molar-refractivity contribution in [2.45, 2.75) is 19.0 Å². The lowest BCUT2D eigenvalue weighted by atomic mass is 9.97. The normalized spacial score (nSPS) is 17.7. The zero-order chi connectivity index (χ0) is 19.5. The summed E-state index contributed by atoms with van der Waals surface area (Å²) in [6.07, 6.45) is -3.83. The molecule has 2 rings (SSSR count). The zero-order valence-corrected chi connectivity index (χ0v) is 13.4. The van der Waals surface area contributed by atoms with Gasteiger partial charge in [0.2, 0.25) is 0 Å². The number of amides is 1. The molecule has 1 aliphatic rings. The van der Waals surface area contributed by atoms with Crippen molar-refractivity contribution in [3.63, 3.8) is 0 Å². The molecule has 0 bridgehead atoms. The van der Waals surface area contributed by atoms with E-state index < -0.39 is 46.8 Å². The number of likely N-dealkylation sites (tertiary alicyclic amines) is 1. The van der Waals surface area contributed by atoms with Crippen molar-refractivity contribution in [2.24, 2.45) is 5.92 Å². The molecule has 0 radical (unpaired) electrons. The number of hydrogen-bond acceptors (Lipinski definition) is 5. The highest BCUT2D eigenvalue weighted by Crippen LogP contribution is 2.28. The fourth-order valence-corrected chi connectivity index (χ4v) is 2.63. The van der Waals surface area contributed by atoms with Gasteiger partial charge in [0.05, 0.1) is 10.8 Å². The molecule has 1 saturated heterocycles. The number of alkyl halides is 3. The first-order valence-electron chi connectivity index (χ1n) is 7.58. The number of halogens is 3. The number of carboxylic acids is 1. The smallest absolute Gasteiger partial charge is 0.422 e. The van der Waals surface area contributed by atoms with Crippen molar-refractivity contribution >= 4 is 17.6 Å². The predicted molar refractivity (Wildman–Crippen MR) is 80.9 cm³/mol. The first kappa shape index (κ1) is 19.5. The van der Waals surface area contributed by atoms with Gasteiger partial charge in [-0.2, -0.15) is 13.2 Å². The summed E-state index contributed by atoms with van der Waals surface area (Å²) in [7, 11) is 0. The molecule has 1 fully saturated rings. The molecule has 142 valence electrons. The molecule has 0 aliphatic carbocycles. The number of hydrogen-bond donors (Lipinski definition) is 1. The highest BCUT2D eigenvalue weighted by atomic mass is 19.4. The van der Waals surface area contributed by atoms with Gasteiger partial charge in [-0.25, -0.2) is 0 Å². The summed E-state index contributed by atoms with van der Waals surface area (Å²) >= 11 is 0. The molecule has 26 heavy (non-hydrogen) atoms. The fourth-order valence-electron chi connectivity index (χ4n) is 2.63. The number of nitrogens with zero attached hydrogens (tertiary/aromatic N) is 2. The first-order chi connectivity index (χ1) is 12.1. The highest BCUT2D eigenvalue weighted by molar-refractivity contribution is 5.98. The molecule has 0 saturated carbocycles. The van der Waals surface area contributed by atoms with E-state index in [0.717, 1.165) is 23.1 Å². The summed E-state index contributed by atoms with van der Waals surface area (Å²) in [5, 5.41) is 20.2. The SMILES string of the molecule is O=C(O)C1CCCN(C(=O)c2cc(OCC(F)(F)F)ccc2[N+](=O)[O-])C1. The molecule has 8 nitrogen and oxygen atoms in total. The number of ether oxygens (including phenoxy) is 1. The number of piperidine rings is 1. The number of nitro groups is 1. The number of carbonyl (C=O) groups is 2. The van der Waals surface area contributed by atoms with E-state index >= 15 is 0 Å². The molecule has 1 heterocycles. The number of carbonyl (C=O) groups excluding carboxylic acids is 1. The van der Waals surface area contributed by atoms with E-state index in [1.54, 1.807) is 0 Å². The van der Waals surface area contributed by atoms with Gasteiger partial charge in [0, 0.05) is 19.2 Å². The molecular formula is C15H15F3N2O6. The molecule has 1 atom stereocenters. The molecular weight excluding hydrogens is 361 g/mol. The largest absolute Gasteiger partial charge is 0.484 e. The van der Waals surface area contributed by atoms with Crippen LogP contribution in [-0.2, 0) is 4.79 Å². The van der Waals surface area contributed by atoms with Crippen LogP contribution in [0.1, 0.15) is 23.2 Å².